The van der Waals surface area contributed by atoms with Crippen LogP contribution in [0.1, 0.15) is 34.3 Å². The van der Waals surface area contributed by atoms with E-state index in [1.807, 2.05) is 37.3 Å². The first-order chi connectivity index (χ1) is 12.6. The number of hydrogen-bond donors (Lipinski definition) is 0. The van der Waals surface area contributed by atoms with Gasteiger partial charge in [-0.05, 0) is 26.8 Å². The molecule has 0 spiro atoms. The molecule has 0 saturated heterocycles. The van der Waals surface area contributed by atoms with E-state index in [2.05, 4.69) is 10.1 Å². The van der Waals surface area contributed by atoms with E-state index >= 15 is 0 Å². The molecular weight excluding hydrogens is 332 g/mol. The molecular formula is C20H20N2O4. The minimum Gasteiger partial charge on any atom is -0.473 e. The van der Waals surface area contributed by atoms with Crippen molar-refractivity contribution in [2.45, 2.75) is 27.4 Å². The number of hydrogen-bond acceptors (Lipinski definition) is 6. The SMILES string of the molecule is CCOC(=O)c1ccc(OCc2c(-c3ccccc3)noc2C)nc1C. The molecule has 0 bridgehead atoms. The fourth-order valence-corrected chi connectivity index (χ4v) is 2.57. The van der Waals surface area contributed by atoms with Crippen LogP contribution < -0.4 is 4.74 Å². The number of pyridine rings is 1. The molecule has 0 fully saturated rings. The maximum atomic E-state index is 11.8. The lowest BCUT2D eigenvalue weighted by Crippen LogP contribution is -2.08. The molecule has 0 aliphatic rings. The standard InChI is InChI=1S/C20H20N2O4/c1-4-24-20(23)16-10-11-18(21-13(16)2)25-12-17-14(3)26-22-19(17)15-8-6-5-7-9-15/h5-11H,4,12H2,1-3H3. The molecule has 6 nitrogen and oxygen atoms in total. The predicted molar refractivity (Wildman–Crippen MR) is 95.9 cm³/mol. The molecule has 3 rings (SSSR count). The summed E-state index contributed by atoms with van der Waals surface area (Å²) in [5.41, 5.74) is 3.58. The first-order valence-corrected chi connectivity index (χ1v) is 8.38. The number of ether oxygens (including phenoxy) is 2. The van der Waals surface area contributed by atoms with Crippen molar-refractivity contribution in [1.82, 2.24) is 10.1 Å². The summed E-state index contributed by atoms with van der Waals surface area (Å²) in [6.07, 6.45) is 0. The number of benzene rings is 1. The van der Waals surface area contributed by atoms with Crippen LogP contribution in [0.2, 0.25) is 0 Å². The zero-order valence-corrected chi connectivity index (χ0v) is 15.0. The van der Waals surface area contributed by atoms with Gasteiger partial charge in [-0.1, -0.05) is 35.5 Å². The highest BCUT2D eigenvalue weighted by atomic mass is 16.5. The van der Waals surface area contributed by atoms with E-state index in [1.165, 1.54) is 0 Å². The number of esters is 1. The highest BCUT2D eigenvalue weighted by Crippen LogP contribution is 2.26. The third-order valence-corrected chi connectivity index (χ3v) is 3.95. The summed E-state index contributed by atoms with van der Waals surface area (Å²) in [4.78, 5) is 16.2. The van der Waals surface area contributed by atoms with Crippen molar-refractivity contribution in [2.75, 3.05) is 6.61 Å². The second-order valence-electron chi connectivity index (χ2n) is 5.72. The molecule has 0 N–H and O–H groups in total. The maximum absolute atomic E-state index is 11.8. The number of aryl methyl sites for hydroxylation is 2. The van der Waals surface area contributed by atoms with Gasteiger partial charge < -0.3 is 14.0 Å². The van der Waals surface area contributed by atoms with Gasteiger partial charge >= 0.3 is 5.97 Å². The Kier molecular flexibility index (Phi) is 5.31. The Morgan fingerprint density at radius 3 is 2.58 bits per heavy atom. The Labute approximate surface area is 151 Å². The van der Waals surface area contributed by atoms with Gasteiger partial charge in [0.15, 0.2) is 0 Å². The zero-order chi connectivity index (χ0) is 18.5. The summed E-state index contributed by atoms with van der Waals surface area (Å²) >= 11 is 0. The largest absolute Gasteiger partial charge is 0.473 e. The molecule has 1 aromatic carbocycles. The van der Waals surface area contributed by atoms with Crippen molar-refractivity contribution < 1.29 is 18.8 Å². The minimum atomic E-state index is -0.384. The van der Waals surface area contributed by atoms with Crippen molar-refractivity contribution in [3.63, 3.8) is 0 Å². The third-order valence-electron chi connectivity index (χ3n) is 3.95. The molecule has 0 atom stereocenters. The summed E-state index contributed by atoms with van der Waals surface area (Å²) in [5, 5.41) is 4.14. The summed E-state index contributed by atoms with van der Waals surface area (Å²) in [7, 11) is 0. The van der Waals surface area contributed by atoms with E-state index in [0.29, 0.717) is 29.5 Å². The van der Waals surface area contributed by atoms with E-state index < -0.39 is 0 Å². The fourth-order valence-electron chi connectivity index (χ4n) is 2.57. The lowest BCUT2D eigenvalue weighted by molar-refractivity contribution is 0.0525. The third kappa shape index (κ3) is 3.74. The monoisotopic (exact) mass is 352 g/mol. The van der Waals surface area contributed by atoms with Gasteiger partial charge in [0.2, 0.25) is 5.88 Å². The normalized spacial score (nSPS) is 10.6. The van der Waals surface area contributed by atoms with Crippen molar-refractivity contribution in [2.24, 2.45) is 0 Å². The second-order valence-corrected chi connectivity index (χ2v) is 5.72. The number of carbonyl (C=O) groups excluding carboxylic acids is 1. The van der Waals surface area contributed by atoms with Gasteiger partial charge in [-0.15, -0.1) is 0 Å². The van der Waals surface area contributed by atoms with Crippen LogP contribution in [0.25, 0.3) is 11.3 Å². The first kappa shape index (κ1) is 17.7. The molecule has 6 heteroatoms. The average Bonchev–Trinajstić information content (AvgIpc) is 3.01. The van der Waals surface area contributed by atoms with E-state index in [9.17, 15) is 4.79 Å². The minimum absolute atomic E-state index is 0.269. The van der Waals surface area contributed by atoms with Crippen LogP contribution in [0.3, 0.4) is 0 Å². The Balaban J connectivity index is 1.77. The highest BCUT2D eigenvalue weighted by Gasteiger charge is 2.16. The molecule has 0 amide bonds. The van der Waals surface area contributed by atoms with Crippen LogP contribution in [0.5, 0.6) is 5.88 Å². The van der Waals surface area contributed by atoms with Gasteiger partial charge in [-0.2, -0.15) is 0 Å². The van der Waals surface area contributed by atoms with Crippen molar-refractivity contribution in [1.29, 1.82) is 0 Å². The maximum Gasteiger partial charge on any atom is 0.339 e. The highest BCUT2D eigenvalue weighted by molar-refractivity contribution is 5.90. The number of aromatic nitrogens is 2. The second kappa shape index (κ2) is 7.82. The van der Waals surface area contributed by atoms with Gasteiger partial charge in [0.1, 0.15) is 18.1 Å². The molecule has 0 aliphatic heterocycles. The van der Waals surface area contributed by atoms with Gasteiger partial charge in [-0.3, -0.25) is 0 Å². The summed E-state index contributed by atoms with van der Waals surface area (Å²) in [5.74, 6) is 0.740. The van der Waals surface area contributed by atoms with E-state index in [1.54, 1.807) is 26.0 Å². The molecule has 0 unspecified atom stereocenters. The average molecular weight is 352 g/mol. The Bertz CT molecular complexity index is 903. The van der Waals surface area contributed by atoms with Gasteiger partial charge in [0.25, 0.3) is 0 Å². The lowest BCUT2D eigenvalue weighted by atomic mass is 10.1. The van der Waals surface area contributed by atoms with Gasteiger partial charge in [0.05, 0.1) is 23.4 Å². The quantitative estimate of drug-likeness (QED) is 0.622. The molecule has 0 saturated carbocycles. The predicted octanol–water partition coefficient (Wildman–Crippen LogP) is 4.11. The van der Waals surface area contributed by atoms with Crippen LogP contribution >= 0.6 is 0 Å². The molecule has 2 heterocycles. The van der Waals surface area contributed by atoms with Crippen LogP contribution in [-0.4, -0.2) is 22.7 Å². The zero-order valence-electron chi connectivity index (χ0n) is 15.0. The van der Waals surface area contributed by atoms with Crippen molar-refractivity contribution >= 4 is 5.97 Å². The van der Waals surface area contributed by atoms with E-state index in [4.69, 9.17) is 14.0 Å². The van der Waals surface area contributed by atoms with E-state index in [0.717, 1.165) is 16.8 Å². The summed E-state index contributed by atoms with van der Waals surface area (Å²) in [6.45, 7) is 5.96. The van der Waals surface area contributed by atoms with Crippen LogP contribution in [0, 0.1) is 13.8 Å². The summed E-state index contributed by atoms with van der Waals surface area (Å²) < 4.78 is 16.1. The van der Waals surface area contributed by atoms with Gasteiger partial charge in [-0.25, -0.2) is 9.78 Å². The van der Waals surface area contributed by atoms with Crippen LogP contribution in [-0.2, 0) is 11.3 Å². The van der Waals surface area contributed by atoms with E-state index in [-0.39, 0.29) is 12.6 Å². The Hall–Kier alpha value is -3.15. The number of nitrogens with zero attached hydrogens (tertiary/aromatic N) is 2. The van der Waals surface area contributed by atoms with Crippen molar-refractivity contribution in [3.8, 4) is 17.1 Å². The van der Waals surface area contributed by atoms with Crippen LogP contribution in [0.15, 0.2) is 47.0 Å². The fraction of sp³-hybridized carbons (Fsp3) is 0.250. The topological polar surface area (TPSA) is 74.5 Å². The summed E-state index contributed by atoms with van der Waals surface area (Å²) in [6, 6.07) is 13.1. The van der Waals surface area contributed by atoms with Crippen LogP contribution in [0.4, 0.5) is 0 Å². The number of carbonyl (C=O) groups is 1. The lowest BCUT2D eigenvalue weighted by Gasteiger charge is -2.09. The molecule has 26 heavy (non-hydrogen) atoms. The molecule has 0 radical (unpaired) electrons. The Morgan fingerprint density at radius 2 is 1.88 bits per heavy atom. The first-order valence-electron chi connectivity index (χ1n) is 8.38. The van der Waals surface area contributed by atoms with Crippen molar-refractivity contribution in [3.05, 3.63) is 65.0 Å². The molecule has 0 aliphatic carbocycles. The smallest absolute Gasteiger partial charge is 0.339 e. The molecule has 134 valence electrons. The number of rotatable bonds is 6. The molecule has 3 aromatic rings. The molecule has 2 aromatic heterocycles. The van der Waals surface area contributed by atoms with Gasteiger partial charge in [0, 0.05) is 11.6 Å². The Morgan fingerprint density at radius 1 is 1.12 bits per heavy atom.